The monoisotopic (exact) mass is 341 g/mol. The van der Waals surface area contributed by atoms with Crippen LogP contribution in [0.25, 0.3) is 11.3 Å². The smallest absolute Gasteiger partial charge is 0.437 e. The van der Waals surface area contributed by atoms with Crippen LogP contribution < -0.4 is 0 Å². The summed E-state index contributed by atoms with van der Waals surface area (Å²) in [6, 6.07) is 4.86. The minimum atomic E-state index is -4.79. The molecule has 1 N–H and O–H groups in total. The van der Waals surface area contributed by atoms with Gasteiger partial charge in [-0.05, 0) is 24.3 Å². The number of aromatic hydroxyl groups is 1. The average molecular weight is 343 g/mol. The number of benzene rings is 1. The Morgan fingerprint density at radius 2 is 1.55 bits per heavy atom. The van der Waals surface area contributed by atoms with E-state index in [-0.39, 0.29) is 26.3 Å². The molecule has 1 heterocycles. The van der Waals surface area contributed by atoms with Crippen LogP contribution in [0.3, 0.4) is 0 Å². The van der Waals surface area contributed by atoms with E-state index in [0.717, 1.165) is 6.07 Å². The fourth-order valence-corrected chi connectivity index (χ4v) is 2.28. The highest BCUT2D eigenvalue weighted by molar-refractivity contribution is 6.46. The van der Waals surface area contributed by atoms with Gasteiger partial charge in [0.05, 0.1) is 20.8 Å². The summed E-state index contributed by atoms with van der Waals surface area (Å²) >= 11 is 17.7. The molecule has 0 aliphatic heterocycles. The molecule has 0 radical (unpaired) electrons. The minimum Gasteiger partial charge on any atom is -0.506 e. The van der Waals surface area contributed by atoms with Crippen molar-refractivity contribution >= 4 is 34.8 Å². The Labute approximate surface area is 126 Å². The topological polar surface area (TPSA) is 33.1 Å². The van der Waals surface area contributed by atoms with E-state index >= 15 is 0 Å². The zero-order chi connectivity index (χ0) is 15.1. The van der Waals surface area contributed by atoms with Crippen LogP contribution in [-0.4, -0.2) is 10.1 Å². The van der Waals surface area contributed by atoms with Crippen LogP contribution in [-0.2, 0) is 6.18 Å². The van der Waals surface area contributed by atoms with Gasteiger partial charge in [0.15, 0.2) is 5.69 Å². The van der Waals surface area contributed by atoms with Crippen molar-refractivity contribution in [1.29, 1.82) is 0 Å². The first-order valence-electron chi connectivity index (χ1n) is 5.13. The first-order valence-corrected chi connectivity index (χ1v) is 6.26. The van der Waals surface area contributed by atoms with Crippen LogP contribution in [0.15, 0.2) is 24.3 Å². The van der Waals surface area contributed by atoms with Crippen LogP contribution >= 0.6 is 34.8 Å². The number of alkyl halides is 3. The lowest BCUT2D eigenvalue weighted by molar-refractivity contribution is -0.142. The second kappa shape index (κ2) is 5.31. The van der Waals surface area contributed by atoms with Gasteiger partial charge < -0.3 is 5.11 Å². The molecule has 2 nitrogen and oxygen atoms in total. The normalized spacial score (nSPS) is 11.7. The van der Waals surface area contributed by atoms with E-state index in [2.05, 4.69) is 4.98 Å². The van der Waals surface area contributed by atoms with Gasteiger partial charge in [-0.15, -0.1) is 0 Å². The second-order valence-electron chi connectivity index (χ2n) is 3.78. The number of halogens is 6. The molecule has 1 aromatic carbocycles. The van der Waals surface area contributed by atoms with Crippen LogP contribution in [0.2, 0.25) is 15.1 Å². The molecule has 106 valence electrons. The summed E-state index contributed by atoms with van der Waals surface area (Å²) in [4.78, 5) is 3.37. The predicted octanol–water partition coefficient (Wildman–Crippen LogP) is 5.43. The molecule has 0 fully saturated rings. The Morgan fingerprint density at radius 1 is 0.950 bits per heavy atom. The molecule has 2 aromatic rings. The Balaban J connectivity index is 2.69. The van der Waals surface area contributed by atoms with E-state index in [1.165, 1.54) is 18.2 Å². The molecule has 0 amide bonds. The van der Waals surface area contributed by atoms with Crippen molar-refractivity contribution in [2.24, 2.45) is 0 Å². The fourth-order valence-electron chi connectivity index (χ4n) is 1.56. The number of nitrogens with zero attached hydrogens (tertiary/aromatic N) is 1. The molecule has 0 aliphatic carbocycles. The summed E-state index contributed by atoms with van der Waals surface area (Å²) in [5, 5.41) is 9.46. The highest BCUT2D eigenvalue weighted by atomic mass is 35.5. The maximum atomic E-state index is 12.7. The molecule has 0 unspecified atom stereocenters. The molecular weight excluding hydrogens is 337 g/mol. The van der Waals surface area contributed by atoms with Gasteiger partial charge in [0, 0.05) is 5.56 Å². The summed E-state index contributed by atoms with van der Waals surface area (Å²) in [5.41, 5.74) is -1.47. The standard InChI is InChI=1S/C12H5Cl3F3NO/c13-5-1-2-6(14)10(15)9(5)7-3-4-8(20)11(19-7)12(16,17)18/h1-4,20H. The van der Waals surface area contributed by atoms with E-state index in [1.54, 1.807) is 0 Å². The molecule has 0 saturated heterocycles. The van der Waals surface area contributed by atoms with E-state index in [4.69, 9.17) is 34.8 Å². The molecular formula is C12H5Cl3F3NO. The number of hydrogen-bond donors (Lipinski definition) is 1. The van der Waals surface area contributed by atoms with Crippen molar-refractivity contribution in [2.45, 2.75) is 6.18 Å². The third-order valence-corrected chi connectivity index (χ3v) is 3.56. The molecule has 0 bridgehead atoms. The Hall–Kier alpha value is -1.17. The lowest BCUT2D eigenvalue weighted by Crippen LogP contribution is -2.09. The summed E-state index contributed by atoms with van der Waals surface area (Å²) in [6.07, 6.45) is -4.79. The molecule has 8 heteroatoms. The van der Waals surface area contributed by atoms with Gasteiger partial charge in [0.1, 0.15) is 5.75 Å². The minimum absolute atomic E-state index is 0.00881. The lowest BCUT2D eigenvalue weighted by Gasteiger charge is -2.12. The van der Waals surface area contributed by atoms with Crippen LogP contribution in [0.1, 0.15) is 5.69 Å². The summed E-state index contributed by atoms with van der Waals surface area (Å²) in [5.74, 6) is -0.976. The van der Waals surface area contributed by atoms with E-state index in [1.807, 2.05) is 0 Å². The maximum absolute atomic E-state index is 12.7. The van der Waals surface area contributed by atoms with Gasteiger partial charge in [-0.25, -0.2) is 4.98 Å². The summed E-state index contributed by atoms with van der Waals surface area (Å²) in [6.45, 7) is 0. The molecule has 20 heavy (non-hydrogen) atoms. The molecule has 2 rings (SSSR count). The molecule has 1 aromatic heterocycles. The molecule has 0 spiro atoms. The van der Waals surface area contributed by atoms with Gasteiger partial charge in [0.2, 0.25) is 0 Å². The summed E-state index contributed by atoms with van der Waals surface area (Å²) < 4.78 is 38.1. The van der Waals surface area contributed by atoms with Gasteiger partial charge in [-0.1, -0.05) is 34.8 Å². The van der Waals surface area contributed by atoms with Crippen molar-refractivity contribution in [1.82, 2.24) is 4.98 Å². The maximum Gasteiger partial charge on any atom is 0.437 e. The van der Waals surface area contributed by atoms with Crippen molar-refractivity contribution in [2.75, 3.05) is 0 Å². The first kappa shape index (κ1) is 15.2. The SMILES string of the molecule is Oc1ccc(-c2c(Cl)ccc(Cl)c2Cl)nc1C(F)(F)F. The lowest BCUT2D eigenvalue weighted by atomic mass is 10.1. The predicted molar refractivity (Wildman–Crippen MR) is 71.4 cm³/mol. The number of hydrogen-bond acceptors (Lipinski definition) is 2. The third-order valence-electron chi connectivity index (χ3n) is 2.44. The second-order valence-corrected chi connectivity index (χ2v) is 4.97. The van der Waals surface area contributed by atoms with Crippen molar-refractivity contribution in [3.8, 4) is 17.0 Å². The number of pyridine rings is 1. The van der Waals surface area contributed by atoms with Crippen LogP contribution in [0.5, 0.6) is 5.75 Å². The Kier molecular flexibility index (Phi) is 4.04. The average Bonchev–Trinajstić information content (AvgIpc) is 2.35. The highest BCUT2D eigenvalue weighted by Gasteiger charge is 2.36. The van der Waals surface area contributed by atoms with Gasteiger partial charge in [-0.3, -0.25) is 0 Å². The van der Waals surface area contributed by atoms with Crippen LogP contribution in [0, 0.1) is 0 Å². The molecule has 0 atom stereocenters. The fraction of sp³-hybridized carbons (Fsp3) is 0.0833. The quantitative estimate of drug-likeness (QED) is 0.701. The highest BCUT2D eigenvalue weighted by Crippen LogP contribution is 2.41. The van der Waals surface area contributed by atoms with Gasteiger partial charge in [-0.2, -0.15) is 13.2 Å². The zero-order valence-electron chi connectivity index (χ0n) is 9.47. The first-order chi connectivity index (χ1) is 9.21. The third kappa shape index (κ3) is 2.80. The number of rotatable bonds is 1. The van der Waals surface area contributed by atoms with E-state index in [0.29, 0.717) is 0 Å². The van der Waals surface area contributed by atoms with Crippen molar-refractivity contribution in [3.05, 3.63) is 45.0 Å². The largest absolute Gasteiger partial charge is 0.506 e. The number of aromatic nitrogens is 1. The molecule has 0 saturated carbocycles. The van der Waals surface area contributed by atoms with Gasteiger partial charge in [0.25, 0.3) is 0 Å². The zero-order valence-corrected chi connectivity index (χ0v) is 11.7. The van der Waals surface area contributed by atoms with Crippen molar-refractivity contribution in [3.63, 3.8) is 0 Å². The van der Waals surface area contributed by atoms with Crippen molar-refractivity contribution < 1.29 is 18.3 Å². The van der Waals surface area contributed by atoms with E-state index in [9.17, 15) is 18.3 Å². The van der Waals surface area contributed by atoms with E-state index < -0.39 is 17.6 Å². The summed E-state index contributed by atoms with van der Waals surface area (Å²) in [7, 11) is 0. The Morgan fingerprint density at radius 3 is 2.15 bits per heavy atom. The van der Waals surface area contributed by atoms with Crippen LogP contribution in [0.4, 0.5) is 13.2 Å². The van der Waals surface area contributed by atoms with Gasteiger partial charge >= 0.3 is 6.18 Å². The molecule has 0 aliphatic rings. The Bertz CT molecular complexity index is 674.